The SMILES string of the molecule is CC[NH+](CC)CCCN(C(=O)CCl)c1nc(-c2ccc(Cl)cc2)cs1. The van der Waals surface area contributed by atoms with Crippen molar-refractivity contribution >= 4 is 45.6 Å². The number of halogens is 2. The quantitative estimate of drug-likeness (QED) is 0.655. The molecule has 0 aliphatic carbocycles. The van der Waals surface area contributed by atoms with Gasteiger partial charge in [0.15, 0.2) is 5.13 Å². The highest BCUT2D eigenvalue weighted by Gasteiger charge is 2.19. The van der Waals surface area contributed by atoms with Crippen LogP contribution in [0.15, 0.2) is 29.6 Å². The topological polar surface area (TPSA) is 37.6 Å². The molecule has 2 aromatic rings. The monoisotopic (exact) mass is 400 g/mol. The van der Waals surface area contributed by atoms with E-state index in [4.69, 9.17) is 23.2 Å². The molecule has 1 amide bonds. The van der Waals surface area contributed by atoms with Crippen LogP contribution in [-0.2, 0) is 4.79 Å². The molecule has 0 atom stereocenters. The van der Waals surface area contributed by atoms with Gasteiger partial charge in [0.1, 0.15) is 5.88 Å². The van der Waals surface area contributed by atoms with Crippen molar-refractivity contribution in [2.75, 3.05) is 37.0 Å². The van der Waals surface area contributed by atoms with E-state index in [1.54, 1.807) is 4.90 Å². The highest BCUT2D eigenvalue weighted by molar-refractivity contribution is 7.14. The lowest BCUT2D eigenvalue weighted by atomic mass is 10.2. The van der Waals surface area contributed by atoms with Gasteiger partial charge in [0.2, 0.25) is 5.91 Å². The summed E-state index contributed by atoms with van der Waals surface area (Å²) in [4.78, 5) is 20.1. The maximum atomic E-state index is 12.3. The fraction of sp³-hybridized carbons (Fsp3) is 0.444. The number of quaternary nitrogens is 1. The summed E-state index contributed by atoms with van der Waals surface area (Å²) in [5.74, 6) is -0.137. The first-order valence-electron chi connectivity index (χ1n) is 8.50. The van der Waals surface area contributed by atoms with Crippen LogP contribution in [0.5, 0.6) is 0 Å². The summed E-state index contributed by atoms with van der Waals surface area (Å²) in [5.41, 5.74) is 1.83. The zero-order chi connectivity index (χ0) is 18.2. The molecule has 0 saturated carbocycles. The molecule has 0 radical (unpaired) electrons. The third-order valence-electron chi connectivity index (χ3n) is 4.19. The third-order valence-corrected chi connectivity index (χ3v) is 5.53. The summed E-state index contributed by atoms with van der Waals surface area (Å²) >= 11 is 13.2. The number of carbonyl (C=O) groups excluding carboxylic acids is 1. The summed E-state index contributed by atoms with van der Waals surface area (Å²) in [6.45, 7) is 8.23. The van der Waals surface area contributed by atoms with Gasteiger partial charge < -0.3 is 4.90 Å². The molecule has 4 nitrogen and oxygen atoms in total. The molecular formula is C18H24Cl2N3OS+. The number of hydrogen-bond donors (Lipinski definition) is 1. The van der Waals surface area contributed by atoms with Crippen molar-refractivity contribution in [1.82, 2.24) is 4.98 Å². The normalized spacial score (nSPS) is 11.1. The van der Waals surface area contributed by atoms with Crippen LogP contribution in [0, 0.1) is 0 Å². The average molecular weight is 401 g/mol. The Kier molecular flexibility index (Phi) is 8.16. The standard InChI is InChI=1S/C18H23Cl2N3OS/c1-3-22(4-2)10-5-11-23(17(24)12-19)18-21-16(13-25-18)14-6-8-15(20)9-7-14/h6-9,13H,3-5,10-12H2,1-2H3/p+1. The minimum absolute atomic E-state index is 0.0337. The Balaban J connectivity index is 2.10. The van der Waals surface area contributed by atoms with Crippen molar-refractivity contribution in [3.8, 4) is 11.3 Å². The number of aromatic nitrogens is 1. The van der Waals surface area contributed by atoms with E-state index in [9.17, 15) is 4.79 Å². The van der Waals surface area contributed by atoms with Crippen LogP contribution < -0.4 is 9.80 Å². The van der Waals surface area contributed by atoms with Gasteiger partial charge >= 0.3 is 0 Å². The van der Waals surface area contributed by atoms with Gasteiger partial charge in [-0.05, 0) is 26.0 Å². The molecule has 0 unspecified atom stereocenters. The Morgan fingerprint density at radius 3 is 2.52 bits per heavy atom. The predicted octanol–water partition coefficient (Wildman–Crippen LogP) is 3.35. The maximum absolute atomic E-state index is 12.3. The molecule has 0 fully saturated rings. The van der Waals surface area contributed by atoms with Gasteiger partial charge in [-0.15, -0.1) is 22.9 Å². The van der Waals surface area contributed by atoms with E-state index in [1.807, 2.05) is 29.6 Å². The lowest BCUT2D eigenvalue weighted by Gasteiger charge is -2.21. The number of nitrogens with zero attached hydrogens (tertiary/aromatic N) is 2. The van der Waals surface area contributed by atoms with Gasteiger partial charge in [0, 0.05) is 28.9 Å². The Morgan fingerprint density at radius 1 is 1.24 bits per heavy atom. The molecule has 25 heavy (non-hydrogen) atoms. The van der Waals surface area contributed by atoms with Crippen LogP contribution in [-0.4, -0.2) is 43.0 Å². The molecule has 1 aromatic carbocycles. The molecule has 136 valence electrons. The first-order valence-corrected chi connectivity index (χ1v) is 10.3. The van der Waals surface area contributed by atoms with Gasteiger partial charge in [-0.3, -0.25) is 9.69 Å². The number of rotatable bonds is 9. The van der Waals surface area contributed by atoms with Crippen LogP contribution in [0.1, 0.15) is 20.3 Å². The van der Waals surface area contributed by atoms with E-state index in [2.05, 4.69) is 18.8 Å². The molecule has 0 saturated heterocycles. The van der Waals surface area contributed by atoms with Crippen molar-refractivity contribution < 1.29 is 9.69 Å². The molecule has 1 heterocycles. The molecule has 1 aromatic heterocycles. The predicted molar refractivity (Wildman–Crippen MR) is 107 cm³/mol. The molecule has 0 aliphatic heterocycles. The molecule has 0 aliphatic rings. The fourth-order valence-electron chi connectivity index (χ4n) is 2.63. The van der Waals surface area contributed by atoms with Gasteiger partial charge in [0.05, 0.1) is 25.3 Å². The largest absolute Gasteiger partial charge is 0.335 e. The van der Waals surface area contributed by atoms with Crippen LogP contribution in [0.3, 0.4) is 0 Å². The van der Waals surface area contributed by atoms with Crippen LogP contribution in [0.25, 0.3) is 11.3 Å². The van der Waals surface area contributed by atoms with Crippen molar-refractivity contribution in [1.29, 1.82) is 0 Å². The van der Waals surface area contributed by atoms with E-state index in [0.29, 0.717) is 16.7 Å². The van der Waals surface area contributed by atoms with Crippen molar-refractivity contribution in [2.24, 2.45) is 0 Å². The van der Waals surface area contributed by atoms with Gasteiger partial charge in [0.25, 0.3) is 0 Å². The third kappa shape index (κ3) is 5.68. The number of anilines is 1. The number of amides is 1. The molecule has 2 rings (SSSR count). The second-order valence-corrected chi connectivity index (χ2v) is 7.30. The van der Waals surface area contributed by atoms with E-state index >= 15 is 0 Å². The summed E-state index contributed by atoms with van der Waals surface area (Å²) in [6, 6.07) is 7.53. The number of thiazole rings is 1. The molecule has 7 heteroatoms. The van der Waals surface area contributed by atoms with Gasteiger partial charge in [-0.25, -0.2) is 4.98 Å². The second-order valence-electron chi connectivity index (χ2n) is 5.76. The summed E-state index contributed by atoms with van der Waals surface area (Å²) in [6.07, 6.45) is 0.926. The lowest BCUT2D eigenvalue weighted by molar-refractivity contribution is -0.896. The minimum atomic E-state index is -0.104. The average Bonchev–Trinajstić information content (AvgIpc) is 3.11. The lowest BCUT2D eigenvalue weighted by Crippen LogP contribution is -3.11. The summed E-state index contributed by atoms with van der Waals surface area (Å²) in [5, 5.41) is 3.35. The summed E-state index contributed by atoms with van der Waals surface area (Å²) < 4.78 is 0. The molecule has 0 spiro atoms. The smallest absolute Gasteiger partial charge is 0.243 e. The van der Waals surface area contributed by atoms with E-state index in [-0.39, 0.29) is 11.8 Å². The van der Waals surface area contributed by atoms with Gasteiger partial charge in [-0.1, -0.05) is 23.7 Å². The zero-order valence-electron chi connectivity index (χ0n) is 14.6. The van der Waals surface area contributed by atoms with Crippen LogP contribution >= 0.6 is 34.5 Å². The first kappa shape index (κ1) is 20.2. The van der Waals surface area contributed by atoms with Crippen molar-refractivity contribution in [2.45, 2.75) is 20.3 Å². The maximum Gasteiger partial charge on any atom is 0.243 e. The second kappa shape index (κ2) is 10.1. The number of nitrogens with one attached hydrogen (secondary N) is 1. The molecule has 1 N–H and O–H groups in total. The first-order chi connectivity index (χ1) is 12.1. The van der Waals surface area contributed by atoms with Crippen LogP contribution in [0.2, 0.25) is 5.02 Å². The van der Waals surface area contributed by atoms with Crippen LogP contribution in [0.4, 0.5) is 5.13 Å². The number of hydrogen-bond acceptors (Lipinski definition) is 3. The highest BCUT2D eigenvalue weighted by atomic mass is 35.5. The van der Waals surface area contributed by atoms with Crippen molar-refractivity contribution in [3.63, 3.8) is 0 Å². The zero-order valence-corrected chi connectivity index (χ0v) is 16.9. The summed E-state index contributed by atoms with van der Waals surface area (Å²) in [7, 11) is 0. The van der Waals surface area contributed by atoms with E-state index < -0.39 is 0 Å². The molecule has 0 bridgehead atoms. The Hall–Kier alpha value is -1.14. The Morgan fingerprint density at radius 2 is 1.92 bits per heavy atom. The number of benzene rings is 1. The Bertz CT molecular complexity index is 671. The Labute approximate surface area is 163 Å². The van der Waals surface area contributed by atoms with Crippen molar-refractivity contribution in [3.05, 3.63) is 34.7 Å². The fourth-order valence-corrected chi connectivity index (χ4v) is 3.78. The number of alkyl halides is 1. The molecular weight excluding hydrogens is 377 g/mol. The van der Waals surface area contributed by atoms with Gasteiger partial charge in [-0.2, -0.15) is 0 Å². The highest BCUT2D eigenvalue weighted by Crippen LogP contribution is 2.28. The minimum Gasteiger partial charge on any atom is -0.335 e. The van der Waals surface area contributed by atoms with E-state index in [0.717, 1.165) is 37.3 Å². The number of carbonyl (C=O) groups is 1. The van der Waals surface area contributed by atoms with E-state index in [1.165, 1.54) is 16.2 Å².